The molecule has 4 rings (SSSR count). The van der Waals surface area contributed by atoms with Crippen molar-refractivity contribution in [3.8, 4) is 17.5 Å². The molecule has 1 aliphatic heterocycles. The summed E-state index contributed by atoms with van der Waals surface area (Å²) >= 11 is 0. The molecular weight excluding hydrogens is 346 g/mol. The Bertz CT molecular complexity index is 997. The first-order valence-electron chi connectivity index (χ1n) is 9.77. The van der Waals surface area contributed by atoms with Crippen molar-refractivity contribution in [2.45, 2.75) is 32.2 Å². The number of piperidine rings is 1. The summed E-state index contributed by atoms with van der Waals surface area (Å²) < 4.78 is 1.89. The minimum atomic E-state index is 0.155. The molecule has 2 heterocycles. The van der Waals surface area contributed by atoms with Crippen LogP contribution in [-0.4, -0.2) is 27.8 Å². The first kappa shape index (κ1) is 18.1. The van der Waals surface area contributed by atoms with Crippen LogP contribution in [0.5, 0.6) is 0 Å². The van der Waals surface area contributed by atoms with Crippen molar-refractivity contribution in [1.82, 2.24) is 14.7 Å². The SMILES string of the molecule is Cc1cccc(Cc2ccc(-c3cc(N)n([C@H]4CCCN(C#N)C4)n3)cc2)c1. The van der Waals surface area contributed by atoms with E-state index in [1.165, 1.54) is 16.7 Å². The standard InChI is InChI=1S/C23H25N5/c1-17-4-2-5-19(12-17)13-18-7-9-20(10-8-18)22-14-23(25)28(26-22)21-6-3-11-27(15-21)16-24/h2,4-5,7-10,12,14,21H,3,6,11,13,15,25H2,1H3/t21-/m0/s1. The fourth-order valence-corrected chi connectivity index (χ4v) is 3.94. The van der Waals surface area contributed by atoms with Gasteiger partial charge in [-0.05, 0) is 37.3 Å². The van der Waals surface area contributed by atoms with Crippen LogP contribution in [0.15, 0.2) is 54.6 Å². The van der Waals surface area contributed by atoms with Crippen molar-refractivity contribution >= 4 is 5.82 Å². The van der Waals surface area contributed by atoms with E-state index in [1.807, 2.05) is 10.7 Å². The second-order valence-electron chi connectivity index (χ2n) is 7.60. The van der Waals surface area contributed by atoms with Gasteiger partial charge < -0.3 is 10.6 Å². The van der Waals surface area contributed by atoms with Crippen molar-refractivity contribution in [3.63, 3.8) is 0 Å². The van der Waals surface area contributed by atoms with Gasteiger partial charge in [0.05, 0.1) is 18.3 Å². The second kappa shape index (κ2) is 7.77. The number of aromatic nitrogens is 2. The molecule has 0 saturated carbocycles. The molecule has 5 nitrogen and oxygen atoms in total. The van der Waals surface area contributed by atoms with E-state index in [4.69, 9.17) is 10.8 Å². The first-order chi connectivity index (χ1) is 13.6. The summed E-state index contributed by atoms with van der Waals surface area (Å²) in [7, 11) is 0. The Labute approximate surface area is 166 Å². The number of nitrogens with zero attached hydrogens (tertiary/aromatic N) is 4. The first-order valence-corrected chi connectivity index (χ1v) is 9.77. The third-order valence-corrected chi connectivity index (χ3v) is 5.39. The van der Waals surface area contributed by atoms with E-state index in [0.29, 0.717) is 12.4 Å². The van der Waals surface area contributed by atoms with E-state index in [1.54, 1.807) is 4.90 Å². The maximum Gasteiger partial charge on any atom is 0.179 e. The third kappa shape index (κ3) is 3.86. The summed E-state index contributed by atoms with van der Waals surface area (Å²) in [6.45, 7) is 3.62. The normalized spacial score (nSPS) is 16.7. The van der Waals surface area contributed by atoms with Crippen LogP contribution < -0.4 is 5.73 Å². The van der Waals surface area contributed by atoms with E-state index >= 15 is 0 Å². The average molecular weight is 371 g/mol. The molecule has 1 aliphatic rings. The van der Waals surface area contributed by atoms with E-state index in [2.05, 4.69) is 61.6 Å². The van der Waals surface area contributed by atoms with Crippen LogP contribution in [0.1, 0.15) is 35.6 Å². The highest BCUT2D eigenvalue weighted by molar-refractivity contribution is 5.62. The van der Waals surface area contributed by atoms with Crippen LogP contribution in [0.4, 0.5) is 5.82 Å². The van der Waals surface area contributed by atoms with Gasteiger partial charge in [0.1, 0.15) is 5.82 Å². The molecule has 142 valence electrons. The predicted octanol–water partition coefficient (Wildman–Crippen LogP) is 4.15. The number of nitrogens with two attached hydrogens (primary N) is 1. The molecule has 0 unspecified atom stereocenters. The zero-order chi connectivity index (χ0) is 19.5. The molecular formula is C23H25N5. The fraction of sp³-hybridized carbons (Fsp3) is 0.304. The molecule has 1 aromatic heterocycles. The van der Waals surface area contributed by atoms with Gasteiger partial charge in [-0.1, -0.05) is 54.1 Å². The fourth-order valence-electron chi connectivity index (χ4n) is 3.94. The molecule has 0 radical (unpaired) electrons. The monoisotopic (exact) mass is 371 g/mol. The number of hydrogen-bond acceptors (Lipinski definition) is 4. The molecule has 3 aromatic rings. The highest BCUT2D eigenvalue weighted by Crippen LogP contribution is 2.28. The Morgan fingerprint density at radius 2 is 1.96 bits per heavy atom. The Morgan fingerprint density at radius 3 is 2.71 bits per heavy atom. The average Bonchev–Trinajstić information content (AvgIpc) is 3.10. The zero-order valence-electron chi connectivity index (χ0n) is 16.2. The molecule has 0 bridgehead atoms. The molecule has 2 N–H and O–H groups in total. The van der Waals surface area contributed by atoms with Gasteiger partial charge in [0.25, 0.3) is 0 Å². The van der Waals surface area contributed by atoms with Gasteiger partial charge in [-0.25, -0.2) is 4.68 Å². The number of likely N-dealkylation sites (tertiary alicyclic amines) is 1. The van der Waals surface area contributed by atoms with Gasteiger partial charge in [0, 0.05) is 18.2 Å². The Hall–Kier alpha value is -3.26. The van der Waals surface area contributed by atoms with Crippen molar-refractivity contribution < 1.29 is 0 Å². The Kier molecular flexibility index (Phi) is 5.03. The maximum absolute atomic E-state index is 9.17. The van der Waals surface area contributed by atoms with Crippen LogP contribution in [-0.2, 0) is 6.42 Å². The number of aryl methyl sites for hydroxylation is 1. The van der Waals surface area contributed by atoms with Crippen LogP contribution in [0.25, 0.3) is 11.3 Å². The minimum Gasteiger partial charge on any atom is -0.384 e. The molecule has 1 fully saturated rings. The predicted molar refractivity (Wildman–Crippen MR) is 112 cm³/mol. The summed E-state index contributed by atoms with van der Waals surface area (Å²) in [6, 6.07) is 19.2. The van der Waals surface area contributed by atoms with E-state index in [-0.39, 0.29) is 6.04 Å². The van der Waals surface area contributed by atoms with Crippen molar-refractivity contribution in [1.29, 1.82) is 5.26 Å². The number of benzene rings is 2. The van der Waals surface area contributed by atoms with Gasteiger partial charge >= 0.3 is 0 Å². The summed E-state index contributed by atoms with van der Waals surface area (Å²) in [5.74, 6) is 0.656. The molecule has 2 aromatic carbocycles. The number of hydrogen-bond donors (Lipinski definition) is 1. The molecule has 28 heavy (non-hydrogen) atoms. The quantitative estimate of drug-likeness (QED) is 0.700. The number of rotatable bonds is 4. The zero-order valence-corrected chi connectivity index (χ0v) is 16.2. The highest BCUT2D eigenvalue weighted by atomic mass is 15.3. The lowest BCUT2D eigenvalue weighted by molar-refractivity contribution is 0.235. The lowest BCUT2D eigenvalue weighted by atomic mass is 10.0. The molecule has 5 heteroatoms. The van der Waals surface area contributed by atoms with Gasteiger partial charge in [-0.3, -0.25) is 0 Å². The van der Waals surface area contributed by atoms with Gasteiger partial charge in [0.2, 0.25) is 0 Å². The second-order valence-corrected chi connectivity index (χ2v) is 7.60. The van der Waals surface area contributed by atoms with Crippen LogP contribution in [0.3, 0.4) is 0 Å². The van der Waals surface area contributed by atoms with E-state index < -0.39 is 0 Å². The van der Waals surface area contributed by atoms with Gasteiger partial charge in [0.15, 0.2) is 6.19 Å². The third-order valence-electron chi connectivity index (χ3n) is 5.39. The molecule has 0 aliphatic carbocycles. The van der Waals surface area contributed by atoms with Crippen LogP contribution in [0.2, 0.25) is 0 Å². The van der Waals surface area contributed by atoms with E-state index in [9.17, 15) is 5.26 Å². The number of anilines is 1. The van der Waals surface area contributed by atoms with E-state index in [0.717, 1.165) is 37.1 Å². The van der Waals surface area contributed by atoms with Crippen molar-refractivity contribution in [3.05, 3.63) is 71.3 Å². The van der Waals surface area contributed by atoms with Crippen LogP contribution >= 0.6 is 0 Å². The highest BCUT2D eigenvalue weighted by Gasteiger charge is 2.23. The maximum atomic E-state index is 9.17. The molecule has 1 saturated heterocycles. The van der Waals surface area contributed by atoms with Gasteiger partial charge in [-0.2, -0.15) is 10.4 Å². The summed E-state index contributed by atoms with van der Waals surface area (Å²) in [5, 5.41) is 13.9. The smallest absolute Gasteiger partial charge is 0.179 e. The lowest BCUT2D eigenvalue weighted by Crippen LogP contribution is -2.34. The summed E-state index contributed by atoms with van der Waals surface area (Å²) in [6.07, 6.45) is 5.15. The minimum absolute atomic E-state index is 0.155. The Balaban J connectivity index is 1.51. The Morgan fingerprint density at radius 1 is 1.14 bits per heavy atom. The van der Waals surface area contributed by atoms with Crippen LogP contribution in [0, 0.1) is 18.4 Å². The topological polar surface area (TPSA) is 70.9 Å². The lowest BCUT2D eigenvalue weighted by Gasteiger charge is -2.29. The van der Waals surface area contributed by atoms with Crippen molar-refractivity contribution in [2.24, 2.45) is 0 Å². The molecule has 0 spiro atoms. The van der Waals surface area contributed by atoms with Gasteiger partial charge in [-0.15, -0.1) is 0 Å². The largest absolute Gasteiger partial charge is 0.384 e. The summed E-state index contributed by atoms with van der Waals surface area (Å²) in [5.41, 5.74) is 12.1. The number of nitriles is 1. The molecule has 0 amide bonds. The van der Waals surface area contributed by atoms with Crippen molar-refractivity contribution in [2.75, 3.05) is 18.8 Å². The molecule has 1 atom stereocenters. The summed E-state index contributed by atoms with van der Waals surface area (Å²) in [4.78, 5) is 1.79. The number of nitrogen functional groups attached to an aromatic ring is 1.